The molecule has 1 amide bonds. The largest absolute Gasteiger partial charge is 0.417 e. The summed E-state index contributed by atoms with van der Waals surface area (Å²) in [5, 5.41) is 0. The van der Waals surface area contributed by atoms with Crippen LogP contribution in [0.4, 0.5) is 0 Å². The number of H-pyrrole nitrogens is 2. The number of imidazole rings is 1. The van der Waals surface area contributed by atoms with Crippen LogP contribution >= 0.6 is 0 Å². The van der Waals surface area contributed by atoms with Gasteiger partial charge in [0.1, 0.15) is 0 Å². The fraction of sp³-hybridized carbons (Fsp3) is 0. The first-order valence-corrected chi connectivity index (χ1v) is 5.11. The van der Waals surface area contributed by atoms with Crippen molar-refractivity contribution in [2.75, 3.05) is 0 Å². The molecular weight excluding hydrogens is 236 g/mol. The molecule has 0 radical (unpaired) electrons. The van der Waals surface area contributed by atoms with E-state index in [9.17, 15) is 9.59 Å². The number of fused-ring (bicyclic) bond motifs is 1. The third-order valence-corrected chi connectivity index (χ3v) is 2.54. The smallest absolute Gasteiger partial charge is 0.408 e. The highest BCUT2D eigenvalue weighted by Crippen LogP contribution is 2.21. The number of carbonyl (C=O) groups is 1. The zero-order chi connectivity index (χ0) is 12.7. The number of aromatic amines is 2. The zero-order valence-corrected chi connectivity index (χ0v) is 9.06. The van der Waals surface area contributed by atoms with Gasteiger partial charge in [-0.25, -0.2) is 9.78 Å². The Morgan fingerprint density at radius 2 is 2.17 bits per heavy atom. The molecule has 1 aromatic carbocycles. The number of rotatable bonds is 2. The number of hydrogen-bond donors (Lipinski definition) is 3. The van der Waals surface area contributed by atoms with Gasteiger partial charge in [0.25, 0.3) is 5.91 Å². The number of hydrogen-bond acceptors (Lipinski definition) is 4. The molecule has 7 heteroatoms. The average Bonchev–Trinajstić information content (AvgIpc) is 2.91. The lowest BCUT2D eigenvalue weighted by molar-refractivity contribution is 0.0991. The van der Waals surface area contributed by atoms with Crippen molar-refractivity contribution in [3.8, 4) is 11.3 Å². The molecule has 0 atom stereocenters. The summed E-state index contributed by atoms with van der Waals surface area (Å²) in [6.07, 6.45) is 1.50. The monoisotopic (exact) mass is 244 g/mol. The van der Waals surface area contributed by atoms with E-state index in [0.717, 1.165) is 5.56 Å². The highest BCUT2D eigenvalue weighted by atomic mass is 16.4. The number of nitrogens with two attached hydrogens (primary N) is 1. The van der Waals surface area contributed by atoms with Gasteiger partial charge < -0.3 is 15.1 Å². The molecular formula is C11H8N4O3. The molecule has 0 fully saturated rings. The summed E-state index contributed by atoms with van der Waals surface area (Å²) in [7, 11) is 0. The van der Waals surface area contributed by atoms with Crippen LogP contribution in [0.1, 0.15) is 10.6 Å². The Hall–Kier alpha value is -2.83. The molecule has 2 heterocycles. The van der Waals surface area contributed by atoms with E-state index in [2.05, 4.69) is 15.0 Å². The van der Waals surface area contributed by atoms with Gasteiger partial charge in [-0.2, -0.15) is 0 Å². The molecule has 0 unspecified atom stereocenters. The van der Waals surface area contributed by atoms with Crippen LogP contribution in [-0.2, 0) is 0 Å². The Balaban J connectivity index is 2.12. The van der Waals surface area contributed by atoms with Gasteiger partial charge in [0.05, 0.1) is 17.4 Å². The molecule has 0 bridgehead atoms. The summed E-state index contributed by atoms with van der Waals surface area (Å²) in [5.74, 6) is -1.05. The lowest BCUT2D eigenvalue weighted by Crippen LogP contribution is -2.12. The van der Waals surface area contributed by atoms with Gasteiger partial charge in [0, 0.05) is 5.56 Å². The Kier molecular flexibility index (Phi) is 2.06. The van der Waals surface area contributed by atoms with Crippen molar-refractivity contribution in [2.24, 2.45) is 5.73 Å². The molecule has 0 saturated carbocycles. The molecule has 0 aliphatic rings. The van der Waals surface area contributed by atoms with E-state index in [1.165, 1.54) is 6.20 Å². The second-order valence-electron chi connectivity index (χ2n) is 3.74. The van der Waals surface area contributed by atoms with E-state index < -0.39 is 11.7 Å². The molecule has 3 aromatic rings. The number of aromatic nitrogens is 3. The number of amides is 1. The van der Waals surface area contributed by atoms with Gasteiger partial charge >= 0.3 is 5.76 Å². The average molecular weight is 244 g/mol. The normalized spacial score (nSPS) is 10.9. The Morgan fingerprint density at radius 3 is 2.89 bits per heavy atom. The predicted molar refractivity (Wildman–Crippen MR) is 62.9 cm³/mol. The van der Waals surface area contributed by atoms with Gasteiger partial charge in [-0.15, -0.1) is 0 Å². The quantitative estimate of drug-likeness (QED) is 0.612. The summed E-state index contributed by atoms with van der Waals surface area (Å²) in [5.41, 5.74) is 7.55. The molecule has 0 aliphatic carbocycles. The molecule has 18 heavy (non-hydrogen) atoms. The van der Waals surface area contributed by atoms with Gasteiger partial charge in [-0.3, -0.25) is 9.78 Å². The molecule has 0 saturated heterocycles. The van der Waals surface area contributed by atoms with Crippen molar-refractivity contribution in [3.63, 3.8) is 0 Å². The molecule has 90 valence electrons. The lowest BCUT2D eigenvalue weighted by atomic mass is 10.1. The maximum absolute atomic E-state index is 11.0. The summed E-state index contributed by atoms with van der Waals surface area (Å²) < 4.78 is 4.89. The SMILES string of the molecule is NC(=O)c1ncc(-c2ccc3oc(=O)[nH]c3c2)[nH]1. The van der Waals surface area contributed by atoms with Crippen LogP contribution < -0.4 is 11.5 Å². The first-order valence-electron chi connectivity index (χ1n) is 5.11. The summed E-state index contributed by atoms with van der Waals surface area (Å²) in [4.78, 5) is 31.1. The second kappa shape index (κ2) is 3.59. The Bertz CT molecular complexity index is 796. The van der Waals surface area contributed by atoms with Crippen LogP contribution in [-0.4, -0.2) is 20.9 Å². The third kappa shape index (κ3) is 1.58. The second-order valence-corrected chi connectivity index (χ2v) is 3.74. The van der Waals surface area contributed by atoms with Crippen LogP contribution in [0, 0.1) is 0 Å². The summed E-state index contributed by atoms with van der Waals surface area (Å²) in [6.45, 7) is 0. The number of oxazole rings is 1. The third-order valence-electron chi connectivity index (χ3n) is 2.54. The maximum atomic E-state index is 11.0. The van der Waals surface area contributed by atoms with Crippen molar-refractivity contribution in [3.05, 3.63) is 40.8 Å². The van der Waals surface area contributed by atoms with E-state index in [-0.39, 0.29) is 5.82 Å². The van der Waals surface area contributed by atoms with Crippen molar-refractivity contribution < 1.29 is 9.21 Å². The molecule has 4 N–H and O–H groups in total. The first kappa shape index (κ1) is 10.3. The van der Waals surface area contributed by atoms with Crippen LogP contribution in [0.2, 0.25) is 0 Å². The number of benzene rings is 1. The van der Waals surface area contributed by atoms with E-state index in [1.807, 2.05) is 0 Å². The molecule has 0 aliphatic heterocycles. The van der Waals surface area contributed by atoms with Crippen LogP contribution in [0.15, 0.2) is 33.6 Å². The van der Waals surface area contributed by atoms with Gasteiger partial charge in [0.2, 0.25) is 0 Å². The Labute approximate surface area is 99.6 Å². The van der Waals surface area contributed by atoms with Gasteiger partial charge in [0.15, 0.2) is 11.4 Å². The lowest BCUT2D eigenvalue weighted by Gasteiger charge is -1.96. The van der Waals surface area contributed by atoms with E-state index in [0.29, 0.717) is 16.8 Å². The minimum Gasteiger partial charge on any atom is -0.408 e. The van der Waals surface area contributed by atoms with E-state index in [1.54, 1.807) is 18.2 Å². The van der Waals surface area contributed by atoms with Gasteiger partial charge in [-0.05, 0) is 18.2 Å². The predicted octanol–water partition coefficient (Wildman–Crippen LogP) is 0.610. The minimum atomic E-state index is -0.626. The standard InChI is InChI=1S/C11H8N4O3/c12-9(16)10-13-4-7(14-10)5-1-2-8-6(3-5)15-11(17)18-8/h1-4H,(H2,12,16)(H,13,14)(H,15,17). The van der Waals surface area contributed by atoms with Gasteiger partial charge in [-0.1, -0.05) is 0 Å². The topological polar surface area (TPSA) is 118 Å². The fourth-order valence-corrected chi connectivity index (χ4v) is 1.71. The van der Waals surface area contributed by atoms with Crippen LogP contribution in [0.25, 0.3) is 22.4 Å². The van der Waals surface area contributed by atoms with E-state index >= 15 is 0 Å². The minimum absolute atomic E-state index is 0.0887. The van der Waals surface area contributed by atoms with Crippen molar-refractivity contribution in [2.45, 2.75) is 0 Å². The highest BCUT2D eigenvalue weighted by Gasteiger charge is 2.09. The summed E-state index contributed by atoms with van der Waals surface area (Å²) in [6, 6.07) is 5.13. The molecule has 3 rings (SSSR count). The molecule has 0 spiro atoms. The number of nitrogens with zero attached hydrogens (tertiary/aromatic N) is 1. The summed E-state index contributed by atoms with van der Waals surface area (Å²) >= 11 is 0. The molecule has 7 nitrogen and oxygen atoms in total. The highest BCUT2D eigenvalue weighted by molar-refractivity contribution is 5.90. The van der Waals surface area contributed by atoms with Crippen LogP contribution in [0.3, 0.4) is 0 Å². The van der Waals surface area contributed by atoms with E-state index in [4.69, 9.17) is 10.2 Å². The fourth-order valence-electron chi connectivity index (χ4n) is 1.71. The van der Waals surface area contributed by atoms with Crippen molar-refractivity contribution in [1.82, 2.24) is 15.0 Å². The number of nitrogens with one attached hydrogen (secondary N) is 2. The Morgan fingerprint density at radius 1 is 1.33 bits per heavy atom. The maximum Gasteiger partial charge on any atom is 0.417 e. The first-order chi connectivity index (χ1) is 8.63. The zero-order valence-electron chi connectivity index (χ0n) is 9.06. The van der Waals surface area contributed by atoms with Crippen molar-refractivity contribution in [1.29, 1.82) is 0 Å². The van der Waals surface area contributed by atoms with Crippen molar-refractivity contribution >= 4 is 17.0 Å². The number of primary amides is 1. The molecule has 2 aromatic heterocycles. The van der Waals surface area contributed by atoms with Crippen LogP contribution in [0.5, 0.6) is 0 Å². The number of carbonyl (C=O) groups excluding carboxylic acids is 1.